The highest BCUT2D eigenvalue weighted by Crippen LogP contribution is 2.26. The number of nitrogens with one attached hydrogen (secondary N) is 1. The third-order valence-electron chi connectivity index (χ3n) is 3.58. The molecule has 1 amide bonds. The Morgan fingerprint density at radius 3 is 2.44 bits per heavy atom. The van der Waals surface area contributed by atoms with Crippen LogP contribution < -0.4 is 10.2 Å². The van der Waals surface area contributed by atoms with Crippen LogP contribution in [0.3, 0.4) is 0 Å². The maximum absolute atomic E-state index is 12.1. The number of carbonyl (C=O) groups excluding carboxylic acids is 2. The summed E-state index contributed by atoms with van der Waals surface area (Å²) in [5.74, 6) is -0.340. The standard InChI is InChI=1S/C20H16N2O3/c1-14(23)25-19-12-11-15-7-5-6-10-17(15)18(19)13-21-22-20(24)16-8-3-2-4-9-16/h2-13H,1H3,(H,22,24). The number of amides is 1. The quantitative estimate of drug-likeness (QED) is 0.344. The number of nitrogens with zero attached hydrogens (tertiary/aromatic N) is 1. The zero-order valence-electron chi connectivity index (χ0n) is 13.6. The first-order valence-corrected chi connectivity index (χ1v) is 7.74. The van der Waals surface area contributed by atoms with Gasteiger partial charge in [-0.05, 0) is 29.0 Å². The molecule has 0 aliphatic heterocycles. The maximum Gasteiger partial charge on any atom is 0.308 e. The molecule has 124 valence electrons. The first-order valence-electron chi connectivity index (χ1n) is 7.74. The molecule has 25 heavy (non-hydrogen) atoms. The lowest BCUT2D eigenvalue weighted by atomic mass is 10.0. The zero-order chi connectivity index (χ0) is 17.6. The predicted molar refractivity (Wildman–Crippen MR) is 96.8 cm³/mol. The van der Waals surface area contributed by atoms with Crippen LogP contribution in [-0.4, -0.2) is 18.1 Å². The highest BCUT2D eigenvalue weighted by Gasteiger charge is 2.09. The third-order valence-corrected chi connectivity index (χ3v) is 3.58. The largest absolute Gasteiger partial charge is 0.426 e. The van der Waals surface area contributed by atoms with Crippen molar-refractivity contribution in [3.05, 3.63) is 77.9 Å². The van der Waals surface area contributed by atoms with E-state index < -0.39 is 5.97 Å². The highest BCUT2D eigenvalue weighted by molar-refractivity contribution is 6.03. The van der Waals surface area contributed by atoms with Crippen molar-refractivity contribution in [2.45, 2.75) is 6.92 Å². The summed E-state index contributed by atoms with van der Waals surface area (Å²) in [7, 11) is 0. The molecule has 0 aromatic heterocycles. The van der Waals surface area contributed by atoms with Crippen molar-refractivity contribution >= 4 is 28.9 Å². The number of hydrazone groups is 1. The van der Waals surface area contributed by atoms with E-state index in [9.17, 15) is 9.59 Å². The first kappa shape index (κ1) is 16.4. The summed E-state index contributed by atoms with van der Waals surface area (Å²) in [5.41, 5.74) is 3.62. The van der Waals surface area contributed by atoms with Gasteiger partial charge in [-0.25, -0.2) is 5.43 Å². The van der Waals surface area contributed by atoms with E-state index in [1.54, 1.807) is 30.3 Å². The van der Waals surface area contributed by atoms with E-state index in [1.165, 1.54) is 13.1 Å². The van der Waals surface area contributed by atoms with Crippen molar-refractivity contribution in [1.82, 2.24) is 5.43 Å². The lowest BCUT2D eigenvalue weighted by Gasteiger charge is -2.09. The monoisotopic (exact) mass is 332 g/mol. The number of carbonyl (C=O) groups is 2. The maximum atomic E-state index is 12.1. The van der Waals surface area contributed by atoms with Gasteiger partial charge in [0.15, 0.2) is 0 Å². The minimum atomic E-state index is -0.418. The highest BCUT2D eigenvalue weighted by atomic mass is 16.5. The van der Waals surface area contributed by atoms with Crippen LogP contribution >= 0.6 is 0 Å². The molecule has 0 radical (unpaired) electrons. The van der Waals surface area contributed by atoms with E-state index in [1.807, 2.05) is 36.4 Å². The second-order valence-electron chi connectivity index (χ2n) is 5.36. The molecule has 0 atom stereocenters. The molecule has 0 aliphatic rings. The van der Waals surface area contributed by atoms with Crippen LogP contribution in [0.25, 0.3) is 10.8 Å². The average molecular weight is 332 g/mol. The van der Waals surface area contributed by atoms with Gasteiger partial charge in [-0.3, -0.25) is 9.59 Å². The van der Waals surface area contributed by atoms with Gasteiger partial charge in [0.1, 0.15) is 5.75 Å². The molecule has 3 aromatic carbocycles. The molecule has 0 aliphatic carbocycles. The van der Waals surface area contributed by atoms with Crippen LogP contribution in [0, 0.1) is 0 Å². The number of esters is 1. The summed E-state index contributed by atoms with van der Waals surface area (Å²) in [5, 5.41) is 5.87. The van der Waals surface area contributed by atoms with Gasteiger partial charge in [0, 0.05) is 18.1 Å². The van der Waals surface area contributed by atoms with Gasteiger partial charge in [-0.1, -0.05) is 48.5 Å². The van der Waals surface area contributed by atoms with Crippen molar-refractivity contribution < 1.29 is 14.3 Å². The number of ether oxygens (including phenoxy) is 1. The summed E-state index contributed by atoms with van der Waals surface area (Å²) < 4.78 is 5.25. The average Bonchev–Trinajstić information content (AvgIpc) is 2.63. The van der Waals surface area contributed by atoms with Gasteiger partial charge in [0.2, 0.25) is 0 Å². The number of fused-ring (bicyclic) bond motifs is 1. The SMILES string of the molecule is CC(=O)Oc1ccc2ccccc2c1C=NNC(=O)c1ccccc1. The topological polar surface area (TPSA) is 67.8 Å². The Bertz CT molecular complexity index is 950. The van der Waals surface area contributed by atoms with Gasteiger partial charge in [0.25, 0.3) is 5.91 Å². The zero-order valence-corrected chi connectivity index (χ0v) is 13.6. The molecule has 3 aromatic rings. The Kier molecular flexibility index (Phi) is 4.85. The Hall–Kier alpha value is -3.47. The molecular formula is C20H16N2O3. The number of rotatable bonds is 4. The van der Waals surface area contributed by atoms with Crippen LogP contribution in [0.2, 0.25) is 0 Å². The van der Waals surface area contributed by atoms with Gasteiger partial charge >= 0.3 is 5.97 Å². The van der Waals surface area contributed by atoms with Crippen molar-refractivity contribution in [3.8, 4) is 5.75 Å². The molecular weight excluding hydrogens is 316 g/mol. The van der Waals surface area contributed by atoms with Gasteiger partial charge in [-0.15, -0.1) is 0 Å². The molecule has 0 saturated heterocycles. The fourth-order valence-corrected chi connectivity index (χ4v) is 2.46. The van der Waals surface area contributed by atoms with Gasteiger partial charge in [-0.2, -0.15) is 5.10 Å². The second kappa shape index (κ2) is 7.40. The minimum absolute atomic E-state index is 0.314. The lowest BCUT2D eigenvalue weighted by Crippen LogP contribution is -2.17. The summed E-state index contributed by atoms with van der Waals surface area (Å²) >= 11 is 0. The fraction of sp³-hybridized carbons (Fsp3) is 0.0500. The molecule has 3 rings (SSSR count). The molecule has 0 bridgehead atoms. The van der Waals surface area contributed by atoms with Gasteiger partial charge in [0.05, 0.1) is 6.21 Å². The van der Waals surface area contributed by atoms with E-state index >= 15 is 0 Å². The van der Waals surface area contributed by atoms with Crippen LogP contribution in [0.4, 0.5) is 0 Å². The van der Waals surface area contributed by atoms with Crippen LogP contribution in [0.5, 0.6) is 5.75 Å². The normalized spacial score (nSPS) is 10.8. The Morgan fingerprint density at radius 1 is 0.960 bits per heavy atom. The summed E-state index contributed by atoms with van der Waals surface area (Å²) in [4.78, 5) is 23.4. The molecule has 5 heteroatoms. The lowest BCUT2D eigenvalue weighted by molar-refractivity contribution is -0.131. The fourth-order valence-electron chi connectivity index (χ4n) is 2.46. The van der Waals surface area contributed by atoms with Crippen molar-refractivity contribution in [2.75, 3.05) is 0 Å². The van der Waals surface area contributed by atoms with E-state index in [-0.39, 0.29) is 5.91 Å². The van der Waals surface area contributed by atoms with E-state index in [0.717, 1.165) is 10.8 Å². The molecule has 0 heterocycles. The first-order chi connectivity index (χ1) is 12.1. The van der Waals surface area contributed by atoms with Crippen LogP contribution in [0.1, 0.15) is 22.8 Å². The Morgan fingerprint density at radius 2 is 1.68 bits per heavy atom. The number of benzene rings is 3. The van der Waals surface area contributed by atoms with E-state index in [4.69, 9.17) is 4.74 Å². The van der Waals surface area contributed by atoms with Gasteiger partial charge < -0.3 is 4.74 Å². The molecule has 0 fully saturated rings. The minimum Gasteiger partial charge on any atom is -0.426 e. The van der Waals surface area contributed by atoms with E-state index in [0.29, 0.717) is 16.9 Å². The smallest absolute Gasteiger partial charge is 0.308 e. The molecule has 0 unspecified atom stereocenters. The number of hydrogen-bond acceptors (Lipinski definition) is 4. The Labute approximate surface area is 144 Å². The Balaban J connectivity index is 1.91. The second-order valence-corrected chi connectivity index (χ2v) is 5.36. The van der Waals surface area contributed by atoms with E-state index in [2.05, 4.69) is 10.5 Å². The summed E-state index contributed by atoms with van der Waals surface area (Å²) in [6.07, 6.45) is 1.49. The predicted octanol–water partition coefficient (Wildman–Crippen LogP) is 3.53. The molecule has 1 N–H and O–H groups in total. The third kappa shape index (κ3) is 3.90. The number of hydrogen-bond donors (Lipinski definition) is 1. The van der Waals surface area contributed by atoms with Crippen molar-refractivity contribution in [3.63, 3.8) is 0 Å². The van der Waals surface area contributed by atoms with Crippen LogP contribution in [-0.2, 0) is 4.79 Å². The summed E-state index contributed by atoms with van der Waals surface area (Å²) in [6.45, 7) is 1.34. The molecule has 0 saturated carbocycles. The van der Waals surface area contributed by atoms with Crippen molar-refractivity contribution in [2.24, 2.45) is 5.10 Å². The van der Waals surface area contributed by atoms with Crippen molar-refractivity contribution in [1.29, 1.82) is 0 Å². The summed E-state index contributed by atoms with van der Waals surface area (Å²) in [6, 6.07) is 20.0. The van der Waals surface area contributed by atoms with Crippen LogP contribution in [0.15, 0.2) is 71.8 Å². The molecule has 5 nitrogen and oxygen atoms in total. The molecule has 0 spiro atoms.